The van der Waals surface area contributed by atoms with Crippen molar-refractivity contribution in [3.05, 3.63) is 34.9 Å². The molecule has 1 aliphatic rings. The third kappa shape index (κ3) is 3.33. The van der Waals surface area contributed by atoms with Crippen LogP contribution in [0.3, 0.4) is 0 Å². The molecule has 3 N–H and O–H groups in total. The molecular weight excluding hydrogens is 240 g/mol. The molecule has 0 aliphatic heterocycles. The highest BCUT2D eigenvalue weighted by atomic mass is 16.3. The van der Waals surface area contributed by atoms with E-state index in [0.717, 1.165) is 18.4 Å². The SMILES string of the molecule is CN(Cc1ccc2c(c1)CCCC2)C(=O)C(O)CN. The summed E-state index contributed by atoms with van der Waals surface area (Å²) in [7, 11) is 1.70. The third-order valence-electron chi connectivity index (χ3n) is 3.72. The Balaban J connectivity index is 2.05. The maximum absolute atomic E-state index is 11.8. The van der Waals surface area contributed by atoms with Crippen molar-refractivity contribution in [1.82, 2.24) is 4.90 Å². The van der Waals surface area contributed by atoms with Gasteiger partial charge < -0.3 is 15.7 Å². The van der Waals surface area contributed by atoms with E-state index in [0.29, 0.717) is 6.54 Å². The maximum atomic E-state index is 11.8. The quantitative estimate of drug-likeness (QED) is 0.845. The van der Waals surface area contributed by atoms with Gasteiger partial charge in [0.25, 0.3) is 5.91 Å². The number of carbonyl (C=O) groups is 1. The highest BCUT2D eigenvalue weighted by molar-refractivity contribution is 5.80. The van der Waals surface area contributed by atoms with Crippen molar-refractivity contribution in [3.8, 4) is 0 Å². The minimum absolute atomic E-state index is 0.0344. The van der Waals surface area contributed by atoms with Crippen molar-refractivity contribution in [1.29, 1.82) is 0 Å². The summed E-state index contributed by atoms with van der Waals surface area (Å²) in [4.78, 5) is 13.3. The predicted molar refractivity (Wildman–Crippen MR) is 74.6 cm³/mol. The summed E-state index contributed by atoms with van der Waals surface area (Å²) in [5.74, 6) is -0.319. The van der Waals surface area contributed by atoms with Gasteiger partial charge in [0, 0.05) is 20.1 Å². The third-order valence-corrected chi connectivity index (χ3v) is 3.72. The zero-order valence-corrected chi connectivity index (χ0v) is 11.4. The first kappa shape index (κ1) is 14.0. The van der Waals surface area contributed by atoms with Gasteiger partial charge in [-0.1, -0.05) is 18.2 Å². The minimum Gasteiger partial charge on any atom is -0.382 e. The second kappa shape index (κ2) is 6.17. The lowest BCUT2D eigenvalue weighted by Crippen LogP contribution is -2.40. The number of benzene rings is 1. The van der Waals surface area contributed by atoms with Crippen LogP contribution in [0.4, 0.5) is 0 Å². The molecule has 4 heteroatoms. The molecule has 1 amide bonds. The van der Waals surface area contributed by atoms with E-state index in [1.54, 1.807) is 7.05 Å². The molecule has 2 rings (SSSR count). The van der Waals surface area contributed by atoms with Crippen LogP contribution >= 0.6 is 0 Å². The van der Waals surface area contributed by atoms with E-state index < -0.39 is 6.10 Å². The van der Waals surface area contributed by atoms with E-state index in [9.17, 15) is 9.90 Å². The average molecular weight is 262 g/mol. The van der Waals surface area contributed by atoms with E-state index in [2.05, 4.69) is 18.2 Å². The fourth-order valence-corrected chi connectivity index (χ4v) is 2.59. The van der Waals surface area contributed by atoms with Crippen molar-refractivity contribution in [2.24, 2.45) is 5.73 Å². The Hall–Kier alpha value is -1.39. The van der Waals surface area contributed by atoms with Crippen molar-refractivity contribution < 1.29 is 9.90 Å². The summed E-state index contributed by atoms with van der Waals surface area (Å²) in [6, 6.07) is 6.43. The van der Waals surface area contributed by atoms with Gasteiger partial charge in [-0.15, -0.1) is 0 Å². The number of hydrogen-bond acceptors (Lipinski definition) is 3. The number of aliphatic hydroxyl groups is 1. The standard InChI is InChI=1S/C15H22N2O2/c1-17(15(19)14(18)9-16)10-11-6-7-12-4-2-3-5-13(12)8-11/h6-8,14,18H,2-5,9-10,16H2,1H3. The Morgan fingerprint density at radius 1 is 1.37 bits per heavy atom. The molecule has 19 heavy (non-hydrogen) atoms. The number of carbonyl (C=O) groups excluding carboxylic acids is 1. The van der Waals surface area contributed by atoms with Crippen molar-refractivity contribution in [2.45, 2.75) is 38.3 Å². The Bertz CT molecular complexity index is 459. The number of rotatable bonds is 4. The lowest BCUT2D eigenvalue weighted by molar-refractivity contribution is -0.138. The molecule has 0 spiro atoms. The van der Waals surface area contributed by atoms with Crippen LogP contribution in [0.1, 0.15) is 29.5 Å². The Morgan fingerprint density at radius 3 is 2.74 bits per heavy atom. The first-order valence-electron chi connectivity index (χ1n) is 6.85. The fourth-order valence-electron chi connectivity index (χ4n) is 2.59. The molecule has 1 aromatic rings. The molecule has 0 saturated carbocycles. The zero-order chi connectivity index (χ0) is 13.8. The van der Waals surface area contributed by atoms with Crippen LogP contribution in [0, 0.1) is 0 Å². The highest BCUT2D eigenvalue weighted by Gasteiger charge is 2.18. The van der Waals surface area contributed by atoms with E-state index in [4.69, 9.17) is 5.73 Å². The summed E-state index contributed by atoms with van der Waals surface area (Å²) in [5.41, 5.74) is 9.25. The van der Waals surface area contributed by atoms with Crippen molar-refractivity contribution in [2.75, 3.05) is 13.6 Å². The van der Waals surface area contributed by atoms with Crippen molar-refractivity contribution >= 4 is 5.91 Å². The zero-order valence-electron chi connectivity index (χ0n) is 11.4. The fraction of sp³-hybridized carbons (Fsp3) is 0.533. The first-order valence-corrected chi connectivity index (χ1v) is 6.85. The maximum Gasteiger partial charge on any atom is 0.252 e. The lowest BCUT2D eigenvalue weighted by atomic mass is 9.90. The van der Waals surface area contributed by atoms with Gasteiger partial charge in [0.15, 0.2) is 0 Å². The van der Waals surface area contributed by atoms with Crippen LogP contribution in [0.2, 0.25) is 0 Å². The van der Waals surface area contributed by atoms with Gasteiger partial charge in [0.2, 0.25) is 0 Å². The largest absolute Gasteiger partial charge is 0.382 e. The normalized spacial score (nSPS) is 15.7. The van der Waals surface area contributed by atoms with Crippen LogP contribution in [-0.2, 0) is 24.2 Å². The number of nitrogens with two attached hydrogens (primary N) is 1. The number of amides is 1. The average Bonchev–Trinajstić information content (AvgIpc) is 2.45. The number of fused-ring (bicyclic) bond motifs is 1. The minimum atomic E-state index is -1.09. The van der Waals surface area contributed by atoms with Gasteiger partial charge in [0.05, 0.1) is 0 Å². The Labute approximate surface area is 114 Å². The molecule has 1 aromatic carbocycles. The Kier molecular flexibility index (Phi) is 4.56. The molecule has 1 aliphatic carbocycles. The summed E-state index contributed by atoms with van der Waals surface area (Å²) < 4.78 is 0. The molecule has 0 fully saturated rings. The van der Waals surface area contributed by atoms with Gasteiger partial charge in [-0.05, 0) is 42.4 Å². The van der Waals surface area contributed by atoms with Gasteiger partial charge in [-0.25, -0.2) is 0 Å². The van der Waals surface area contributed by atoms with Crippen molar-refractivity contribution in [3.63, 3.8) is 0 Å². The molecule has 104 valence electrons. The monoisotopic (exact) mass is 262 g/mol. The number of nitrogens with zero attached hydrogens (tertiary/aromatic N) is 1. The molecule has 0 aromatic heterocycles. The van der Waals surface area contributed by atoms with Gasteiger partial charge in [0.1, 0.15) is 6.10 Å². The molecule has 1 unspecified atom stereocenters. The summed E-state index contributed by atoms with van der Waals surface area (Å²) in [6.45, 7) is 0.483. The smallest absolute Gasteiger partial charge is 0.252 e. The van der Waals surface area contributed by atoms with Crippen LogP contribution in [-0.4, -0.2) is 35.6 Å². The topological polar surface area (TPSA) is 66.6 Å². The molecule has 0 radical (unpaired) electrons. The van der Waals surface area contributed by atoms with Gasteiger partial charge >= 0.3 is 0 Å². The number of aryl methyl sites for hydroxylation is 2. The van der Waals surface area contributed by atoms with E-state index in [1.807, 2.05) is 0 Å². The number of aliphatic hydroxyl groups excluding tert-OH is 1. The molecular formula is C15H22N2O2. The second-order valence-corrected chi connectivity index (χ2v) is 5.26. The summed E-state index contributed by atoms with van der Waals surface area (Å²) in [6.07, 6.45) is 3.72. The van der Waals surface area contributed by atoms with Crippen LogP contribution in [0.25, 0.3) is 0 Å². The molecule has 1 atom stereocenters. The van der Waals surface area contributed by atoms with Crippen LogP contribution < -0.4 is 5.73 Å². The predicted octanol–water partition coefficient (Wildman–Crippen LogP) is 0.843. The summed E-state index contributed by atoms with van der Waals surface area (Å²) >= 11 is 0. The van der Waals surface area contributed by atoms with Crippen LogP contribution in [0.5, 0.6) is 0 Å². The van der Waals surface area contributed by atoms with E-state index in [1.165, 1.54) is 28.9 Å². The Morgan fingerprint density at radius 2 is 2.05 bits per heavy atom. The molecule has 0 heterocycles. The van der Waals surface area contributed by atoms with E-state index >= 15 is 0 Å². The highest BCUT2D eigenvalue weighted by Crippen LogP contribution is 2.22. The molecule has 0 saturated heterocycles. The van der Waals surface area contributed by atoms with Crippen LogP contribution in [0.15, 0.2) is 18.2 Å². The number of likely N-dealkylation sites (N-methyl/N-ethyl adjacent to an activating group) is 1. The first-order chi connectivity index (χ1) is 9.11. The second-order valence-electron chi connectivity index (χ2n) is 5.26. The lowest BCUT2D eigenvalue weighted by Gasteiger charge is -2.22. The van der Waals surface area contributed by atoms with Gasteiger partial charge in [-0.3, -0.25) is 4.79 Å². The number of hydrogen-bond donors (Lipinski definition) is 2. The van der Waals surface area contributed by atoms with E-state index in [-0.39, 0.29) is 12.5 Å². The molecule has 0 bridgehead atoms. The summed E-state index contributed by atoms with van der Waals surface area (Å²) in [5, 5.41) is 9.45. The van der Waals surface area contributed by atoms with Gasteiger partial charge in [-0.2, -0.15) is 0 Å². The molecule has 4 nitrogen and oxygen atoms in total.